The van der Waals surface area contributed by atoms with Gasteiger partial charge < -0.3 is 4.74 Å². The molecular formula is C11H11NO4S3. The predicted molar refractivity (Wildman–Crippen MR) is 75.5 cm³/mol. The van der Waals surface area contributed by atoms with E-state index in [1.807, 2.05) is 0 Å². The zero-order valence-electron chi connectivity index (χ0n) is 10.2. The third-order valence-electron chi connectivity index (χ3n) is 2.31. The molecule has 0 spiro atoms. The van der Waals surface area contributed by atoms with E-state index in [2.05, 4.69) is 9.46 Å². The Balaban J connectivity index is 2.30. The van der Waals surface area contributed by atoms with Crippen LogP contribution in [0.25, 0.3) is 0 Å². The van der Waals surface area contributed by atoms with Gasteiger partial charge in [-0.05, 0) is 24.4 Å². The van der Waals surface area contributed by atoms with Crippen LogP contribution in [0.4, 0.5) is 5.69 Å². The summed E-state index contributed by atoms with van der Waals surface area (Å²) in [7, 11) is -2.30. The molecular weight excluding hydrogens is 306 g/mol. The van der Waals surface area contributed by atoms with Gasteiger partial charge >= 0.3 is 5.97 Å². The quantitative estimate of drug-likeness (QED) is 0.880. The van der Waals surface area contributed by atoms with Crippen LogP contribution in [0, 0.1) is 6.92 Å². The van der Waals surface area contributed by atoms with E-state index in [4.69, 9.17) is 0 Å². The van der Waals surface area contributed by atoms with Crippen molar-refractivity contribution in [3.05, 3.63) is 33.3 Å². The van der Waals surface area contributed by atoms with Crippen molar-refractivity contribution in [2.45, 2.75) is 11.1 Å². The van der Waals surface area contributed by atoms with Crippen molar-refractivity contribution >= 4 is 44.4 Å². The zero-order valence-corrected chi connectivity index (χ0v) is 12.6. The van der Waals surface area contributed by atoms with Gasteiger partial charge in [0.05, 0.1) is 12.8 Å². The van der Waals surface area contributed by atoms with Gasteiger partial charge in [0.1, 0.15) is 9.09 Å². The second-order valence-corrected chi connectivity index (χ2v) is 7.72. The van der Waals surface area contributed by atoms with Crippen molar-refractivity contribution in [3.8, 4) is 0 Å². The highest BCUT2D eigenvalue weighted by atomic mass is 32.2. The fraction of sp³-hybridized carbons (Fsp3) is 0.182. The molecule has 2 aromatic heterocycles. The molecule has 0 atom stereocenters. The molecule has 2 aromatic rings. The summed E-state index contributed by atoms with van der Waals surface area (Å²) in [6.45, 7) is 1.74. The van der Waals surface area contributed by atoms with Gasteiger partial charge in [0.15, 0.2) is 0 Å². The van der Waals surface area contributed by atoms with E-state index in [0.29, 0.717) is 15.4 Å². The Bertz CT molecular complexity index is 686. The van der Waals surface area contributed by atoms with Crippen LogP contribution >= 0.6 is 22.7 Å². The minimum atomic E-state index is -3.59. The number of esters is 1. The van der Waals surface area contributed by atoms with Crippen molar-refractivity contribution < 1.29 is 17.9 Å². The second kappa shape index (κ2) is 5.32. The van der Waals surface area contributed by atoms with Crippen LogP contribution in [-0.4, -0.2) is 21.5 Å². The van der Waals surface area contributed by atoms with Crippen molar-refractivity contribution in [3.63, 3.8) is 0 Å². The van der Waals surface area contributed by atoms with E-state index in [-0.39, 0.29) is 4.21 Å². The number of methoxy groups -OCH3 is 1. The second-order valence-electron chi connectivity index (χ2n) is 3.61. The summed E-state index contributed by atoms with van der Waals surface area (Å²) in [6, 6.07) is 4.67. The predicted octanol–water partition coefficient (Wildman–Crippen LogP) is 2.71. The highest BCUT2D eigenvalue weighted by molar-refractivity contribution is 7.94. The van der Waals surface area contributed by atoms with Gasteiger partial charge in [-0.1, -0.05) is 6.07 Å². The molecule has 0 radical (unpaired) electrons. The van der Waals surface area contributed by atoms with Crippen molar-refractivity contribution in [1.82, 2.24) is 0 Å². The number of carbonyl (C=O) groups excluding carboxylic acids is 1. The number of nitrogens with one attached hydrogen (secondary N) is 1. The highest BCUT2D eigenvalue weighted by Crippen LogP contribution is 2.29. The lowest BCUT2D eigenvalue weighted by atomic mass is 10.4. The third kappa shape index (κ3) is 2.96. The number of hydrogen-bond donors (Lipinski definition) is 1. The topological polar surface area (TPSA) is 72.5 Å². The van der Waals surface area contributed by atoms with Gasteiger partial charge in [-0.2, -0.15) is 0 Å². The zero-order chi connectivity index (χ0) is 14.0. The number of anilines is 1. The average molecular weight is 317 g/mol. The lowest BCUT2D eigenvalue weighted by molar-refractivity contribution is 0.0606. The molecule has 0 saturated heterocycles. The fourth-order valence-corrected chi connectivity index (χ4v) is 4.46. The van der Waals surface area contributed by atoms with E-state index in [0.717, 1.165) is 11.3 Å². The van der Waals surface area contributed by atoms with Crippen molar-refractivity contribution in [1.29, 1.82) is 0 Å². The van der Waals surface area contributed by atoms with E-state index < -0.39 is 16.0 Å². The summed E-state index contributed by atoms with van der Waals surface area (Å²) in [6.07, 6.45) is 0. The third-order valence-corrected chi connectivity index (χ3v) is 6.10. The number of rotatable bonds is 4. The largest absolute Gasteiger partial charge is 0.465 e. The minimum Gasteiger partial charge on any atom is -0.465 e. The number of sulfonamides is 1. The lowest BCUT2D eigenvalue weighted by Crippen LogP contribution is -2.11. The van der Waals surface area contributed by atoms with E-state index in [1.165, 1.54) is 30.6 Å². The lowest BCUT2D eigenvalue weighted by Gasteiger charge is -2.04. The summed E-state index contributed by atoms with van der Waals surface area (Å²) >= 11 is 2.32. The molecule has 0 aliphatic rings. The molecule has 0 aliphatic carbocycles. The molecule has 0 saturated carbocycles. The Morgan fingerprint density at radius 1 is 1.42 bits per heavy atom. The molecule has 2 heterocycles. The van der Waals surface area contributed by atoms with E-state index in [9.17, 15) is 13.2 Å². The maximum atomic E-state index is 12.1. The van der Waals surface area contributed by atoms with Gasteiger partial charge in [-0.25, -0.2) is 13.2 Å². The first-order chi connectivity index (χ1) is 8.94. The first-order valence-corrected chi connectivity index (χ1v) is 8.37. The SMILES string of the molecule is COC(=O)c1cc(NS(=O)(=O)c2cccs2)c(C)s1. The Hall–Kier alpha value is -1.38. The molecule has 0 aliphatic heterocycles. The minimum absolute atomic E-state index is 0.234. The smallest absolute Gasteiger partial charge is 0.348 e. The molecule has 0 amide bonds. The molecule has 102 valence electrons. The van der Waals surface area contributed by atoms with Crippen LogP contribution in [-0.2, 0) is 14.8 Å². The molecule has 0 bridgehead atoms. The molecule has 0 aromatic carbocycles. The van der Waals surface area contributed by atoms with Gasteiger partial charge in [0, 0.05) is 4.88 Å². The summed E-state index contributed by atoms with van der Waals surface area (Å²) in [5.74, 6) is -0.477. The first kappa shape index (κ1) is 14.0. The number of carbonyl (C=O) groups is 1. The highest BCUT2D eigenvalue weighted by Gasteiger charge is 2.19. The normalized spacial score (nSPS) is 11.3. The van der Waals surface area contributed by atoms with E-state index >= 15 is 0 Å². The monoisotopic (exact) mass is 317 g/mol. The molecule has 8 heteroatoms. The standard InChI is InChI=1S/C11H11NO4S3/c1-7-8(6-9(18-7)11(13)16-2)12-19(14,15)10-4-3-5-17-10/h3-6,12H,1-2H3. The van der Waals surface area contributed by atoms with Crippen LogP contribution in [0.15, 0.2) is 27.8 Å². The van der Waals surface area contributed by atoms with Crippen LogP contribution in [0.3, 0.4) is 0 Å². The Morgan fingerprint density at radius 2 is 2.16 bits per heavy atom. The Labute approximate surface area is 118 Å². The first-order valence-electron chi connectivity index (χ1n) is 5.19. The Kier molecular flexibility index (Phi) is 3.93. The van der Waals surface area contributed by atoms with Crippen LogP contribution in [0.5, 0.6) is 0 Å². The number of aryl methyl sites for hydroxylation is 1. The summed E-state index contributed by atoms with van der Waals surface area (Å²) < 4.78 is 31.4. The van der Waals surface area contributed by atoms with Crippen molar-refractivity contribution in [2.24, 2.45) is 0 Å². The Morgan fingerprint density at radius 3 is 2.74 bits per heavy atom. The average Bonchev–Trinajstić information content (AvgIpc) is 2.99. The van der Waals surface area contributed by atoms with E-state index in [1.54, 1.807) is 18.4 Å². The van der Waals surface area contributed by atoms with Gasteiger partial charge in [0.2, 0.25) is 0 Å². The van der Waals surface area contributed by atoms with Crippen LogP contribution < -0.4 is 4.72 Å². The summed E-state index contributed by atoms with van der Waals surface area (Å²) in [4.78, 5) is 12.5. The summed E-state index contributed by atoms with van der Waals surface area (Å²) in [5, 5.41) is 1.69. The number of thiophene rings is 2. The fourth-order valence-electron chi connectivity index (χ4n) is 1.40. The van der Waals surface area contributed by atoms with Gasteiger partial charge in [-0.3, -0.25) is 4.72 Å². The number of ether oxygens (including phenoxy) is 1. The summed E-state index contributed by atoms with van der Waals surface area (Å²) in [5.41, 5.74) is 0.402. The maximum absolute atomic E-state index is 12.1. The number of hydrogen-bond acceptors (Lipinski definition) is 6. The molecule has 5 nitrogen and oxygen atoms in total. The van der Waals surface area contributed by atoms with Crippen LogP contribution in [0.2, 0.25) is 0 Å². The molecule has 1 N–H and O–H groups in total. The van der Waals surface area contributed by atoms with Crippen molar-refractivity contribution in [2.75, 3.05) is 11.8 Å². The molecule has 0 fully saturated rings. The molecule has 2 rings (SSSR count). The maximum Gasteiger partial charge on any atom is 0.348 e. The van der Waals surface area contributed by atoms with Gasteiger partial charge in [-0.15, -0.1) is 22.7 Å². The van der Waals surface area contributed by atoms with Gasteiger partial charge in [0.25, 0.3) is 10.0 Å². The van der Waals surface area contributed by atoms with Crippen LogP contribution in [0.1, 0.15) is 14.5 Å². The molecule has 19 heavy (non-hydrogen) atoms. The molecule has 0 unspecified atom stereocenters.